The minimum absolute atomic E-state index is 0.100. The normalized spacial score (nSPS) is 10.6. The number of amides is 1. The van der Waals surface area contributed by atoms with Crippen molar-refractivity contribution in [1.82, 2.24) is 25.4 Å². The van der Waals surface area contributed by atoms with Gasteiger partial charge in [0.05, 0.1) is 12.8 Å². The van der Waals surface area contributed by atoms with Crippen LogP contribution in [-0.2, 0) is 4.84 Å². The largest absolute Gasteiger partial charge is 0.368 e. The van der Waals surface area contributed by atoms with E-state index in [1.165, 1.54) is 6.20 Å². The summed E-state index contributed by atoms with van der Waals surface area (Å²) in [5.74, 6) is -0.266. The van der Waals surface area contributed by atoms with Crippen molar-refractivity contribution in [3.8, 4) is 0 Å². The van der Waals surface area contributed by atoms with Crippen molar-refractivity contribution in [3.63, 3.8) is 0 Å². The van der Waals surface area contributed by atoms with Crippen LogP contribution in [0.5, 0.6) is 0 Å². The lowest BCUT2D eigenvalue weighted by atomic mass is 10.6. The molecule has 2 aromatic rings. The summed E-state index contributed by atoms with van der Waals surface area (Å²) in [6.45, 7) is 2.13. The minimum Gasteiger partial charge on any atom is -0.368 e. The van der Waals surface area contributed by atoms with Crippen LogP contribution in [0.2, 0.25) is 0 Å². The van der Waals surface area contributed by atoms with E-state index in [1.54, 1.807) is 6.92 Å². The lowest BCUT2D eigenvalue weighted by molar-refractivity contribution is 0.0356. The van der Waals surface area contributed by atoms with Gasteiger partial charge < -0.3 is 10.7 Å². The number of nitrogens with one attached hydrogen (secondary N) is 2. The Hall–Kier alpha value is -2.22. The van der Waals surface area contributed by atoms with Crippen molar-refractivity contribution < 1.29 is 9.63 Å². The maximum Gasteiger partial charge on any atom is 0.310 e. The van der Waals surface area contributed by atoms with E-state index >= 15 is 0 Å². The number of nitrogen functional groups attached to an aromatic ring is 1. The number of carbonyl (C=O) groups is 1. The Morgan fingerprint density at radius 2 is 2.44 bits per heavy atom. The average molecular weight is 222 g/mol. The predicted molar refractivity (Wildman–Crippen MR) is 55.2 cm³/mol. The van der Waals surface area contributed by atoms with Crippen LogP contribution < -0.4 is 11.2 Å². The van der Waals surface area contributed by atoms with Crippen LogP contribution in [0.3, 0.4) is 0 Å². The molecule has 0 radical (unpaired) electrons. The van der Waals surface area contributed by atoms with Gasteiger partial charge in [0, 0.05) is 0 Å². The third kappa shape index (κ3) is 1.91. The number of nitrogens with two attached hydrogens (primary N) is 1. The van der Waals surface area contributed by atoms with Crippen LogP contribution in [0, 0.1) is 0 Å². The van der Waals surface area contributed by atoms with E-state index in [9.17, 15) is 4.79 Å². The second-order valence-electron chi connectivity index (χ2n) is 2.92. The molecular formula is C8H10N6O2. The molecule has 0 aliphatic heterocycles. The highest BCUT2D eigenvalue weighted by molar-refractivity contribution is 5.92. The highest BCUT2D eigenvalue weighted by atomic mass is 16.6. The fourth-order valence-corrected chi connectivity index (χ4v) is 1.11. The molecule has 0 atom stereocenters. The highest BCUT2D eigenvalue weighted by Gasteiger charge is 2.12. The zero-order chi connectivity index (χ0) is 11.5. The molecule has 84 valence electrons. The van der Waals surface area contributed by atoms with E-state index < -0.39 is 5.91 Å². The Balaban J connectivity index is 2.28. The van der Waals surface area contributed by atoms with Crippen LogP contribution in [0.25, 0.3) is 11.2 Å². The number of H-pyrrole nitrogens is 1. The van der Waals surface area contributed by atoms with Crippen molar-refractivity contribution in [3.05, 3.63) is 12.0 Å². The number of rotatable bonds is 3. The molecule has 8 heteroatoms. The monoisotopic (exact) mass is 222 g/mol. The van der Waals surface area contributed by atoms with Crippen molar-refractivity contribution in [2.24, 2.45) is 0 Å². The van der Waals surface area contributed by atoms with Gasteiger partial charge in [0.1, 0.15) is 5.52 Å². The first-order chi connectivity index (χ1) is 7.70. The first kappa shape index (κ1) is 10.3. The Kier molecular flexibility index (Phi) is 2.64. The van der Waals surface area contributed by atoms with E-state index in [-0.39, 0.29) is 11.8 Å². The van der Waals surface area contributed by atoms with Crippen LogP contribution >= 0.6 is 0 Å². The van der Waals surface area contributed by atoms with Gasteiger partial charge in [-0.05, 0) is 6.92 Å². The summed E-state index contributed by atoms with van der Waals surface area (Å²) in [6, 6.07) is 0. The number of nitrogens with zero attached hydrogens (tertiary/aromatic N) is 3. The maximum absolute atomic E-state index is 11.4. The molecule has 2 rings (SSSR count). The number of hydrogen-bond donors (Lipinski definition) is 3. The van der Waals surface area contributed by atoms with Crippen LogP contribution in [-0.4, -0.2) is 32.4 Å². The summed E-state index contributed by atoms with van der Waals surface area (Å²) >= 11 is 0. The molecule has 0 bridgehead atoms. The molecule has 2 aromatic heterocycles. The topological polar surface area (TPSA) is 119 Å². The minimum atomic E-state index is -0.474. The zero-order valence-electron chi connectivity index (χ0n) is 8.52. The van der Waals surface area contributed by atoms with E-state index in [0.717, 1.165) is 0 Å². The van der Waals surface area contributed by atoms with Crippen LogP contribution in [0.15, 0.2) is 6.20 Å². The van der Waals surface area contributed by atoms with Crippen molar-refractivity contribution in [1.29, 1.82) is 0 Å². The van der Waals surface area contributed by atoms with Gasteiger partial charge in [-0.3, -0.25) is 9.63 Å². The number of hydrogen-bond acceptors (Lipinski definition) is 6. The fourth-order valence-electron chi connectivity index (χ4n) is 1.11. The standard InChI is InChI=1S/C8H10N6O2/c1-2-16-14-7(15)6-11-4-3-10-8(9)13-5(4)12-6/h3H,2H2,1H3,(H,14,15)(H3,9,10,11,12,13). The quantitative estimate of drug-likeness (QED) is 0.609. The Morgan fingerprint density at radius 3 is 3.19 bits per heavy atom. The van der Waals surface area contributed by atoms with Crippen molar-refractivity contribution >= 4 is 23.0 Å². The summed E-state index contributed by atoms with van der Waals surface area (Å²) in [5, 5.41) is 0. The van der Waals surface area contributed by atoms with Gasteiger partial charge in [-0.2, -0.15) is 4.98 Å². The first-order valence-electron chi connectivity index (χ1n) is 4.61. The summed E-state index contributed by atoms with van der Waals surface area (Å²) in [5.41, 5.74) is 8.48. The Morgan fingerprint density at radius 1 is 1.62 bits per heavy atom. The van der Waals surface area contributed by atoms with Gasteiger partial charge in [0.2, 0.25) is 11.8 Å². The Labute approximate surface area is 90.2 Å². The molecule has 0 saturated carbocycles. The van der Waals surface area contributed by atoms with Gasteiger partial charge in [-0.1, -0.05) is 0 Å². The molecule has 8 nitrogen and oxygen atoms in total. The second kappa shape index (κ2) is 4.11. The molecule has 0 aliphatic rings. The van der Waals surface area contributed by atoms with Gasteiger partial charge in [0.15, 0.2) is 5.65 Å². The number of anilines is 1. The molecular weight excluding hydrogens is 212 g/mol. The summed E-state index contributed by atoms with van der Waals surface area (Å²) in [6.07, 6.45) is 1.46. The van der Waals surface area contributed by atoms with E-state index in [2.05, 4.69) is 25.4 Å². The van der Waals surface area contributed by atoms with E-state index in [1.807, 2.05) is 0 Å². The summed E-state index contributed by atoms with van der Waals surface area (Å²) in [7, 11) is 0. The third-order valence-electron chi connectivity index (χ3n) is 1.78. The molecule has 0 saturated heterocycles. The lowest BCUT2D eigenvalue weighted by Crippen LogP contribution is -2.24. The van der Waals surface area contributed by atoms with Gasteiger partial charge in [-0.15, -0.1) is 0 Å². The van der Waals surface area contributed by atoms with Gasteiger partial charge in [0.25, 0.3) is 0 Å². The number of carbonyl (C=O) groups excluding carboxylic acids is 1. The lowest BCUT2D eigenvalue weighted by Gasteiger charge is -1.99. The smallest absolute Gasteiger partial charge is 0.310 e. The van der Waals surface area contributed by atoms with Crippen molar-refractivity contribution in [2.45, 2.75) is 6.92 Å². The van der Waals surface area contributed by atoms with Gasteiger partial charge >= 0.3 is 5.91 Å². The molecule has 0 unspecified atom stereocenters. The average Bonchev–Trinajstić information content (AvgIpc) is 2.68. The summed E-state index contributed by atoms with van der Waals surface area (Å²) < 4.78 is 0. The molecule has 4 N–H and O–H groups in total. The van der Waals surface area contributed by atoms with Gasteiger partial charge in [-0.25, -0.2) is 15.4 Å². The van der Waals surface area contributed by atoms with E-state index in [0.29, 0.717) is 17.8 Å². The fraction of sp³-hybridized carbons (Fsp3) is 0.250. The molecule has 16 heavy (non-hydrogen) atoms. The van der Waals surface area contributed by atoms with Crippen molar-refractivity contribution in [2.75, 3.05) is 12.3 Å². The van der Waals surface area contributed by atoms with E-state index in [4.69, 9.17) is 10.6 Å². The predicted octanol–water partition coefficient (Wildman–Crippen LogP) is -0.384. The molecule has 0 spiro atoms. The second-order valence-corrected chi connectivity index (χ2v) is 2.92. The number of imidazole rings is 1. The first-order valence-corrected chi connectivity index (χ1v) is 4.61. The molecule has 0 aromatic carbocycles. The number of aromatic amines is 1. The zero-order valence-corrected chi connectivity index (χ0v) is 8.52. The maximum atomic E-state index is 11.4. The molecule has 0 aliphatic carbocycles. The van der Waals surface area contributed by atoms with Crippen LogP contribution in [0.1, 0.15) is 17.5 Å². The summed E-state index contributed by atoms with van der Waals surface area (Å²) in [4.78, 5) is 30.5. The molecule has 1 amide bonds. The number of hydroxylamine groups is 1. The number of aromatic nitrogens is 4. The SMILES string of the molecule is CCONC(=O)c1nc2nc(N)ncc2[nH]1. The third-order valence-corrected chi connectivity index (χ3v) is 1.78. The molecule has 0 fully saturated rings. The highest BCUT2D eigenvalue weighted by Crippen LogP contribution is 2.08. The molecule has 2 heterocycles. The number of fused-ring (bicyclic) bond motifs is 1. The Bertz CT molecular complexity index is 522. The van der Waals surface area contributed by atoms with Crippen LogP contribution in [0.4, 0.5) is 5.95 Å².